The fourth-order valence-corrected chi connectivity index (χ4v) is 4.26. The highest BCUT2D eigenvalue weighted by Crippen LogP contribution is 2.20. The summed E-state index contributed by atoms with van der Waals surface area (Å²) in [5, 5.41) is 0. The molecular formula is C21H28N2O3S. The largest absolute Gasteiger partial charge is 0.492 e. The molecule has 1 aliphatic rings. The van der Waals surface area contributed by atoms with Gasteiger partial charge in [0.25, 0.3) is 10.0 Å². The van der Waals surface area contributed by atoms with Crippen molar-refractivity contribution in [1.82, 2.24) is 4.90 Å². The van der Waals surface area contributed by atoms with Crippen molar-refractivity contribution in [2.24, 2.45) is 0 Å². The van der Waals surface area contributed by atoms with Crippen LogP contribution in [0, 0.1) is 6.92 Å². The van der Waals surface area contributed by atoms with E-state index in [2.05, 4.69) is 9.62 Å². The fraction of sp³-hybridized carbons (Fsp3) is 0.429. The topological polar surface area (TPSA) is 58.6 Å². The van der Waals surface area contributed by atoms with Gasteiger partial charge in [-0.15, -0.1) is 0 Å². The molecule has 6 heteroatoms. The second-order valence-corrected chi connectivity index (χ2v) is 8.73. The van der Waals surface area contributed by atoms with Crippen LogP contribution in [0.1, 0.15) is 31.2 Å². The van der Waals surface area contributed by atoms with Gasteiger partial charge < -0.3 is 4.74 Å². The van der Waals surface area contributed by atoms with E-state index in [4.69, 9.17) is 4.74 Å². The number of nitrogens with one attached hydrogen (secondary N) is 1. The van der Waals surface area contributed by atoms with Crippen LogP contribution in [-0.2, 0) is 10.0 Å². The summed E-state index contributed by atoms with van der Waals surface area (Å²) in [5.41, 5.74) is 1.55. The zero-order valence-corrected chi connectivity index (χ0v) is 16.7. The average molecular weight is 389 g/mol. The van der Waals surface area contributed by atoms with Gasteiger partial charge in [-0.3, -0.25) is 9.62 Å². The van der Waals surface area contributed by atoms with Crippen molar-refractivity contribution in [1.29, 1.82) is 0 Å². The van der Waals surface area contributed by atoms with E-state index in [-0.39, 0.29) is 4.90 Å². The van der Waals surface area contributed by atoms with Crippen molar-refractivity contribution < 1.29 is 13.2 Å². The summed E-state index contributed by atoms with van der Waals surface area (Å²) in [6, 6.07) is 13.9. The summed E-state index contributed by atoms with van der Waals surface area (Å²) >= 11 is 0. The molecule has 5 nitrogen and oxygen atoms in total. The summed E-state index contributed by atoms with van der Waals surface area (Å²) in [6.07, 6.45) is 5.21. The number of hydrogen-bond donors (Lipinski definition) is 1. The van der Waals surface area contributed by atoms with Gasteiger partial charge in [-0.2, -0.15) is 0 Å². The molecule has 0 spiro atoms. The second-order valence-electron chi connectivity index (χ2n) is 7.05. The second kappa shape index (κ2) is 9.24. The molecule has 0 aromatic heterocycles. The molecule has 2 aromatic carbocycles. The minimum Gasteiger partial charge on any atom is -0.492 e. The van der Waals surface area contributed by atoms with Crippen molar-refractivity contribution in [3.63, 3.8) is 0 Å². The number of anilines is 1. The standard InChI is InChI=1S/C21H28N2O3S/c1-18-6-12-21(13-7-18)27(24,25)22-19-8-10-20(11-9-19)26-17-16-23-14-4-2-3-5-15-23/h6-13,22H,2-5,14-17H2,1H3. The van der Waals surface area contributed by atoms with Crippen LogP contribution in [0.5, 0.6) is 5.75 Å². The average Bonchev–Trinajstić information content (AvgIpc) is 2.92. The number of aryl methyl sites for hydroxylation is 1. The van der Waals surface area contributed by atoms with Gasteiger partial charge in [-0.05, 0) is 69.3 Å². The molecule has 0 amide bonds. The number of hydrogen-bond acceptors (Lipinski definition) is 4. The first kappa shape index (κ1) is 19.7. The first-order valence-electron chi connectivity index (χ1n) is 9.58. The minimum absolute atomic E-state index is 0.255. The summed E-state index contributed by atoms with van der Waals surface area (Å²) < 4.78 is 33.3. The molecule has 1 N–H and O–H groups in total. The van der Waals surface area contributed by atoms with Gasteiger partial charge >= 0.3 is 0 Å². The lowest BCUT2D eigenvalue weighted by molar-refractivity contribution is 0.214. The zero-order valence-electron chi connectivity index (χ0n) is 15.9. The van der Waals surface area contributed by atoms with Crippen LogP contribution in [0.4, 0.5) is 5.69 Å². The Kier molecular flexibility index (Phi) is 6.74. The van der Waals surface area contributed by atoms with E-state index in [9.17, 15) is 8.42 Å². The third-order valence-electron chi connectivity index (χ3n) is 4.81. The molecule has 0 unspecified atom stereocenters. The van der Waals surface area contributed by atoms with E-state index in [1.807, 2.05) is 6.92 Å². The van der Waals surface area contributed by atoms with Crippen molar-refractivity contribution in [3.05, 3.63) is 54.1 Å². The van der Waals surface area contributed by atoms with Crippen LogP contribution < -0.4 is 9.46 Å². The molecule has 0 atom stereocenters. The van der Waals surface area contributed by atoms with Gasteiger partial charge in [-0.25, -0.2) is 8.42 Å². The van der Waals surface area contributed by atoms with Crippen LogP contribution in [0.15, 0.2) is 53.4 Å². The molecule has 3 rings (SSSR count). The zero-order chi connectivity index (χ0) is 19.1. The van der Waals surface area contributed by atoms with Gasteiger partial charge in [0.05, 0.1) is 4.90 Å². The molecule has 1 fully saturated rings. The Morgan fingerprint density at radius 2 is 1.56 bits per heavy atom. The van der Waals surface area contributed by atoms with E-state index < -0.39 is 10.0 Å². The van der Waals surface area contributed by atoms with E-state index in [1.54, 1.807) is 48.5 Å². The van der Waals surface area contributed by atoms with Crippen molar-refractivity contribution >= 4 is 15.7 Å². The van der Waals surface area contributed by atoms with Crippen molar-refractivity contribution in [3.8, 4) is 5.75 Å². The Labute approximate surface area is 162 Å². The molecule has 1 heterocycles. The predicted octanol–water partition coefficient (Wildman–Crippen LogP) is 4.05. The Morgan fingerprint density at radius 3 is 2.19 bits per heavy atom. The molecule has 0 aliphatic carbocycles. The van der Waals surface area contributed by atoms with Crippen LogP contribution in [0.2, 0.25) is 0 Å². The van der Waals surface area contributed by atoms with Crippen LogP contribution in [-0.4, -0.2) is 39.6 Å². The smallest absolute Gasteiger partial charge is 0.261 e. The highest BCUT2D eigenvalue weighted by atomic mass is 32.2. The summed E-state index contributed by atoms with van der Waals surface area (Å²) in [5.74, 6) is 0.753. The van der Waals surface area contributed by atoms with E-state index in [0.717, 1.165) is 30.9 Å². The third-order valence-corrected chi connectivity index (χ3v) is 6.21. The molecule has 2 aromatic rings. The van der Waals surface area contributed by atoms with E-state index in [1.165, 1.54) is 25.7 Å². The summed E-state index contributed by atoms with van der Waals surface area (Å²) in [4.78, 5) is 2.71. The lowest BCUT2D eigenvalue weighted by Gasteiger charge is -2.19. The van der Waals surface area contributed by atoms with Crippen molar-refractivity contribution in [2.45, 2.75) is 37.5 Å². The molecule has 0 bridgehead atoms. The fourth-order valence-electron chi connectivity index (χ4n) is 3.20. The lowest BCUT2D eigenvalue weighted by Crippen LogP contribution is -2.29. The molecule has 27 heavy (non-hydrogen) atoms. The number of benzene rings is 2. The maximum atomic E-state index is 12.4. The molecule has 1 saturated heterocycles. The number of rotatable bonds is 7. The first-order valence-corrected chi connectivity index (χ1v) is 11.1. The maximum absolute atomic E-state index is 12.4. The molecule has 146 valence electrons. The third kappa shape index (κ3) is 5.97. The first-order chi connectivity index (χ1) is 13.0. The predicted molar refractivity (Wildman–Crippen MR) is 109 cm³/mol. The SMILES string of the molecule is Cc1ccc(S(=O)(=O)Nc2ccc(OCCN3CCCCCC3)cc2)cc1. The van der Waals surface area contributed by atoms with Gasteiger partial charge in [0, 0.05) is 12.2 Å². The number of sulfonamides is 1. The van der Waals surface area contributed by atoms with Crippen LogP contribution >= 0.6 is 0 Å². The normalized spacial score (nSPS) is 15.9. The Hall–Kier alpha value is -2.05. The molecular weight excluding hydrogens is 360 g/mol. The van der Waals surface area contributed by atoms with Gasteiger partial charge in [0.15, 0.2) is 0 Å². The monoisotopic (exact) mass is 388 g/mol. The molecule has 0 radical (unpaired) electrons. The van der Waals surface area contributed by atoms with Crippen LogP contribution in [0.3, 0.4) is 0 Å². The highest BCUT2D eigenvalue weighted by molar-refractivity contribution is 7.92. The van der Waals surface area contributed by atoms with Gasteiger partial charge in [0.2, 0.25) is 0 Å². The lowest BCUT2D eigenvalue weighted by atomic mass is 10.2. The Bertz CT molecular complexity index is 810. The maximum Gasteiger partial charge on any atom is 0.261 e. The van der Waals surface area contributed by atoms with Gasteiger partial charge in [-0.1, -0.05) is 30.5 Å². The molecule has 0 saturated carbocycles. The molecule has 1 aliphatic heterocycles. The van der Waals surface area contributed by atoms with Crippen molar-refractivity contribution in [2.75, 3.05) is 31.0 Å². The van der Waals surface area contributed by atoms with E-state index in [0.29, 0.717) is 12.3 Å². The minimum atomic E-state index is -3.58. The highest BCUT2D eigenvalue weighted by Gasteiger charge is 2.14. The summed E-state index contributed by atoms with van der Waals surface area (Å²) in [7, 11) is -3.58. The van der Waals surface area contributed by atoms with Crippen LogP contribution in [0.25, 0.3) is 0 Å². The van der Waals surface area contributed by atoms with Gasteiger partial charge in [0.1, 0.15) is 12.4 Å². The number of ether oxygens (including phenoxy) is 1. The van der Waals surface area contributed by atoms with E-state index >= 15 is 0 Å². The summed E-state index contributed by atoms with van der Waals surface area (Å²) in [6.45, 7) is 5.82. The number of likely N-dealkylation sites (tertiary alicyclic amines) is 1. The Balaban J connectivity index is 1.51. The Morgan fingerprint density at radius 1 is 0.926 bits per heavy atom. The number of nitrogens with zero attached hydrogens (tertiary/aromatic N) is 1. The quantitative estimate of drug-likeness (QED) is 0.777.